The number of anilines is 1. The Morgan fingerprint density at radius 3 is 2.74 bits per heavy atom. The number of nitrogens with zero attached hydrogens (tertiary/aromatic N) is 2. The number of hydrogen-bond acceptors (Lipinski definition) is 5. The monoisotopic (exact) mass is 382 g/mol. The fourth-order valence-corrected chi connectivity index (χ4v) is 3.35. The molecule has 1 atom stereocenters. The number of hydrogen-bond donors (Lipinski definition) is 2. The largest absolute Gasteiger partial charge is 0.358 e. The molecule has 1 amide bonds. The van der Waals surface area contributed by atoms with Crippen molar-refractivity contribution in [3.63, 3.8) is 0 Å². The van der Waals surface area contributed by atoms with Crippen LogP contribution in [0.4, 0.5) is 10.2 Å². The number of amides is 1. The summed E-state index contributed by atoms with van der Waals surface area (Å²) >= 11 is 5.24. The van der Waals surface area contributed by atoms with Crippen molar-refractivity contribution in [2.24, 2.45) is 0 Å². The predicted molar refractivity (Wildman–Crippen MR) is 101 cm³/mol. The maximum Gasteiger partial charge on any atom is 0.257 e. The normalized spacial score (nSPS) is 15.4. The summed E-state index contributed by atoms with van der Waals surface area (Å²) in [7, 11) is 0. The molecule has 1 aliphatic heterocycles. The molecule has 8 heteroatoms. The highest BCUT2D eigenvalue weighted by atomic mass is 32.1. The molecule has 0 spiro atoms. The summed E-state index contributed by atoms with van der Waals surface area (Å²) in [6.45, 7) is 0.261. The third-order valence-electron chi connectivity index (χ3n) is 4.41. The Kier molecular flexibility index (Phi) is 4.41. The molecule has 1 aliphatic rings. The van der Waals surface area contributed by atoms with Gasteiger partial charge < -0.3 is 10.6 Å². The van der Waals surface area contributed by atoms with E-state index in [1.165, 1.54) is 16.7 Å². The van der Waals surface area contributed by atoms with Gasteiger partial charge in [-0.2, -0.15) is 0 Å². The number of rotatable bonds is 4. The summed E-state index contributed by atoms with van der Waals surface area (Å²) < 4.78 is 14.4. The molecule has 2 N–H and O–H groups in total. The molecule has 0 bridgehead atoms. The Morgan fingerprint density at radius 1 is 1.22 bits per heavy atom. The van der Waals surface area contributed by atoms with Gasteiger partial charge in [-0.25, -0.2) is 13.9 Å². The molecular weight excluding hydrogens is 367 g/mol. The van der Waals surface area contributed by atoms with Gasteiger partial charge in [-0.05, 0) is 42.0 Å². The van der Waals surface area contributed by atoms with Gasteiger partial charge in [-0.15, -0.1) is 0 Å². The maximum absolute atomic E-state index is 12.9. The van der Waals surface area contributed by atoms with Crippen molar-refractivity contribution in [1.29, 1.82) is 0 Å². The van der Waals surface area contributed by atoms with Gasteiger partial charge in [0.1, 0.15) is 17.7 Å². The van der Waals surface area contributed by atoms with E-state index in [0.29, 0.717) is 11.3 Å². The number of halogens is 1. The molecule has 4 rings (SSSR count). The van der Waals surface area contributed by atoms with Crippen LogP contribution < -0.4 is 10.6 Å². The Hall–Kier alpha value is -3.13. The third kappa shape index (κ3) is 3.31. The van der Waals surface area contributed by atoms with E-state index in [4.69, 9.17) is 12.2 Å². The predicted octanol–water partition coefficient (Wildman–Crippen LogP) is 3.05. The van der Waals surface area contributed by atoms with E-state index in [1.807, 2.05) is 24.3 Å². The van der Waals surface area contributed by atoms with Gasteiger partial charge in [0.2, 0.25) is 10.7 Å². The van der Waals surface area contributed by atoms with E-state index in [2.05, 4.69) is 15.6 Å². The highest BCUT2D eigenvalue weighted by Crippen LogP contribution is 2.28. The Morgan fingerprint density at radius 2 is 1.96 bits per heavy atom. The zero-order chi connectivity index (χ0) is 19.0. The second-order valence-corrected chi connectivity index (χ2v) is 6.60. The van der Waals surface area contributed by atoms with E-state index >= 15 is 0 Å². The van der Waals surface area contributed by atoms with Crippen molar-refractivity contribution < 1.29 is 14.0 Å². The van der Waals surface area contributed by atoms with Crippen LogP contribution in [-0.2, 0) is 11.3 Å². The van der Waals surface area contributed by atoms with Crippen molar-refractivity contribution in [3.05, 3.63) is 64.7 Å². The smallest absolute Gasteiger partial charge is 0.257 e. The molecule has 0 aliphatic carbocycles. The minimum absolute atomic E-state index is 0.0369. The van der Waals surface area contributed by atoms with Gasteiger partial charge in [0.05, 0.1) is 11.9 Å². The van der Waals surface area contributed by atoms with Crippen LogP contribution in [0.1, 0.15) is 16.8 Å². The average Bonchev–Trinajstić information content (AvgIpc) is 2.98. The van der Waals surface area contributed by atoms with Gasteiger partial charge in [-0.1, -0.05) is 24.3 Å². The Labute approximate surface area is 159 Å². The number of nitrogens with one attached hydrogen (secondary N) is 2. The minimum atomic E-state index is -0.715. The molecule has 3 aromatic rings. The quantitative estimate of drug-likeness (QED) is 0.679. The lowest BCUT2D eigenvalue weighted by Gasteiger charge is -2.10. The number of carbonyl (C=O) groups excluding carboxylic acids is 2. The zero-order valence-electron chi connectivity index (χ0n) is 14.1. The molecule has 0 saturated carbocycles. The Balaban J connectivity index is 1.49. The lowest BCUT2D eigenvalue weighted by molar-refractivity contribution is -0.121. The van der Waals surface area contributed by atoms with Crippen LogP contribution in [0, 0.1) is 10.6 Å². The molecule has 27 heavy (non-hydrogen) atoms. The first-order valence-corrected chi connectivity index (χ1v) is 8.77. The van der Waals surface area contributed by atoms with Crippen molar-refractivity contribution in [3.8, 4) is 0 Å². The number of benzene rings is 2. The summed E-state index contributed by atoms with van der Waals surface area (Å²) in [5.74, 6) is -0.361. The van der Waals surface area contributed by atoms with Crippen LogP contribution in [0.25, 0.3) is 10.9 Å². The minimum Gasteiger partial charge on any atom is -0.358 e. The van der Waals surface area contributed by atoms with E-state index in [9.17, 15) is 14.0 Å². The number of carbonyl (C=O) groups is 2. The van der Waals surface area contributed by atoms with Crippen LogP contribution in [0.5, 0.6) is 0 Å². The van der Waals surface area contributed by atoms with E-state index in [1.54, 1.807) is 12.1 Å². The molecule has 0 saturated heterocycles. The standard InChI is InChI=1S/C19H15FN4O2S/c20-12-7-5-11(6-8-12)10-21-16(25)9-15-18(26)24-17(22-15)13-3-1-2-4-14(13)23-19(24)27/h1-8,15,22H,9-10H2,(H,21,25)/t15-/m0/s1. The average molecular weight is 382 g/mol. The number of fused-ring (bicyclic) bond motifs is 3. The van der Waals surface area contributed by atoms with Gasteiger partial charge in [0.15, 0.2) is 0 Å². The molecule has 2 aromatic carbocycles. The SMILES string of the molecule is O=C(C[C@@H]1Nc2c3ccccc3nc(=S)n2C1=O)NCc1ccc(F)cc1. The Bertz CT molecular complexity index is 1110. The second kappa shape index (κ2) is 6.88. The lowest BCUT2D eigenvalue weighted by atomic mass is 10.2. The summed E-state index contributed by atoms with van der Waals surface area (Å²) in [6.07, 6.45) is -0.0369. The van der Waals surface area contributed by atoms with Crippen LogP contribution in [0.2, 0.25) is 0 Å². The van der Waals surface area contributed by atoms with Crippen LogP contribution in [0.15, 0.2) is 48.5 Å². The second-order valence-electron chi connectivity index (χ2n) is 6.24. The summed E-state index contributed by atoms with van der Waals surface area (Å²) in [5, 5.41) is 6.61. The fraction of sp³-hybridized carbons (Fsp3) is 0.158. The summed E-state index contributed by atoms with van der Waals surface area (Å²) in [5.41, 5.74) is 1.46. The van der Waals surface area contributed by atoms with Crippen molar-refractivity contribution in [2.75, 3.05) is 5.32 Å². The van der Waals surface area contributed by atoms with E-state index < -0.39 is 6.04 Å². The van der Waals surface area contributed by atoms with Gasteiger partial charge >= 0.3 is 0 Å². The molecule has 0 radical (unpaired) electrons. The molecule has 1 aromatic heterocycles. The number of para-hydroxylation sites is 1. The first kappa shape index (κ1) is 17.3. The molecule has 6 nitrogen and oxygen atoms in total. The maximum atomic E-state index is 12.9. The molecule has 136 valence electrons. The van der Waals surface area contributed by atoms with Crippen LogP contribution >= 0.6 is 12.2 Å². The summed E-state index contributed by atoms with van der Waals surface area (Å²) in [6, 6.07) is 12.5. The first-order chi connectivity index (χ1) is 13.0. The van der Waals surface area contributed by atoms with Gasteiger partial charge in [0.25, 0.3) is 5.91 Å². The van der Waals surface area contributed by atoms with E-state index in [-0.39, 0.29) is 35.4 Å². The van der Waals surface area contributed by atoms with Crippen molar-refractivity contribution in [2.45, 2.75) is 19.0 Å². The van der Waals surface area contributed by atoms with Crippen molar-refractivity contribution in [1.82, 2.24) is 14.9 Å². The highest BCUT2D eigenvalue weighted by Gasteiger charge is 2.33. The molecule has 0 unspecified atom stereocenters. The summed E-state index contributed by atoms with van der Waals surface area (Å²) in [4.78, 5) is 29.2. The van der Waals surface area contributed by atoms with E-state index in [0.717, 1.165) is 10.9 Å². The molecule has 2 heterocycles. The number of aromatic nitrogens is 2. The topological polar surface area (TPSA) is 76.0 Å². The van der Waals surface area contributed by atoms with Gasteiger partial charge in [0, 0.05) is 11.9 Å². The first-order valence-electron chi connectivity index (χ1n) is 8.36. The zero-order valence-corrected chi connectivity index (χ0v) is 14.9. The molecule has 0 fully saturated rings. The molecular formula is C19H15FN4O2S. The van der Waals surface area contributed by atoms with Crippen LogP contribution in [-0.4, -0.2) is 27.4 Å². The lowest BCUT2D eigenvalue weighted by Crippen LogP contribution is -2.33. The fourth-order valence-electron chi connectivity index (χ4n) is 3.07. The van der Waals surface area contributed by atoms with Crippen molar-refractivity contribution >= 4 is 40.8 Å². The third-order valence-corrected chi connectivity index (χ3v) is 4.69. The van der Waals surface area contributed by atoms with Gasteiger partial charge in [-0.3, -0.25) is 9.59 Å². The van der Waals surface area contributed by atoms with Crippen LogP contribution in [0.3, 0.4) is 0 Å². The highest BCUT2D eigenvalue weighted by molar-refractivity contribution is 7.71.